The van der Waals surface area contributed by atoms with Crippen molar-refractivity contribution in [2.45, 2.75) is 51.8 Å². The molecule has 0 saturated carbocycles. The number of hydrogen-bond acceptors (Lipinski definition) is 4. The number of carbonyl (C=O) groups excluding carboxylic acids is 2. The lowest BCUT2D eigenvalue weighted by Gasteiger charge is -2.26. The molecule has 0 radical (unpaired) electrons. The molecule has 1 saturated heterocycles. The summed E-state index contributed by atoms with van der Waals surface area (Å²) in [6.45, 7) is 7.03. The number of rotatable bonds is 0. The number of amides is 2. The summed E-state index contributed by atoms with van der Waals surface area (Å²) >= 11 is 0. The molecule has 2 atom stereocenters. The maximum absolute atomic E-state index is 11.7. The molecule has 5 nitrogen and oxygen atoms in total. The molecule has 1 rings (SSSR count). The van der Waals surface area contributed by atoms with Crippen LogP contribution in [0.25, 0.3) is 0 Å². The molecule has 0 aromatic carbocycles. The minimum absolute atomic E-state index is 0.209. The SMILES string of the molecule is C[C@@H]1[C@H](N)CC(=O)N1C(=O)OC(C)(C)C. The fourth-order valence-electron chi connectivity index (χ4n) is 1.47. The Morgan fingerprint density at radius 2 is 2.07 bits per heavy atom. The smallest absolute Gasteiger partial charge is 0.417 e. The van der Waals surface area contributed by atoms with Gasteiger partial charge in [-0.15, -0.1) is 0 Å². The van der Waals surface area contributed by atoms with Gasteiger partial charge in [0.1, 0.15) is 5.60 Å². The largest absolute Gasteiger partial charge is 0.443 e. The third-order valence-corrected chi connectivity index (χ3v) is 2.30. The number of nitrogens with two attached hydrogens (primary N) is 1. The van der Waals surface area contributed by atoms with Crippen molar-refractivity contribution in [1.82, 2.24) is 4.90 Å². The van der Waals surface area contributed by atoms with E-state index in [1.807, 2.05) is 0 Å². The van der Waals surface area contributed by atoms with E-state index < -0.39 is 11.7 Å². The van der Waals surface area contributed by atoms with Crippen molar-refractivity contribution in [3.63, 3.8) is 0 Å². The number of hydrogen-bond donors (Lipinski definition) is 1. The highest BCUT2D eigenvalue weighted by atomic mass is 16.6. The van der Waals surface area contributed by atoms with Crippen molar-refractivity contribution in [3.05, 3.63) is 0 Å². The van der Waals surface area contributed by atoms with Gasteiger partial charge in [-0.05, 0) is 27.7 Å². The van der Waals surface area contributed by atoms with Crippen LogP contribution in [0.3, 0.4) is 0 Å². The van der Waals surface area contributed by atoms with Crippen LogP contribution in [0.4, 0.5) is 4.79 Å². The Morgan fingerprint density at radius 3 is 2.40 bits per heavy atom. The molecule has 1 heterocycles. The molecule has 1 aliphatic rings. The van der Waals surface area contributed by atoms with Crippen LogP contribution < -0.4 is 5.73 Å². The summed E-state index contributed by atoms with van der Waals surface area (Å²) in [4.78, 5) is 24.2. The Kier molecular flexibility index (Phi) is 3.04. The number of imide groups is 1. The molecule has 2 N–H and O–H groups in total. The zero-order valence-corrected chi connectivity index (χ0v) is 9.61. The first-order valence-electron chi connectivity index (χ1n) is 5.03. The van der Waals surface area contributed by atoms with E-state index in [4.69, 9.17) is 10.5 Å². The lowest BCUT2D eigenvalue weighted by Crippen LogP contribution is -2.44. The highest BCUT2D eigenvalue weighted by Crippen LogP contribution is 2.20. The molecule has 0 aromatic rings. The lowest BCUT2D eigenvalue weighted by atomic mass is 10.2. The Hall–Kier alpha value is -1.10. The second kappa shape index (κ2) is 3.81. The summed E-state index contributed by atoms with van der Waals surface area (Å²) in [7, 11) is 0. The molecule has 15 heavy (non-hydrogen) atoms. The van der Waals surface area contributed by atoms with E-state index in [0.717, 1.165) is 4.90 Å². The Bertz CT molecular complexity index is 283. The lowest BCUT2D eigenvalue weighted by molar-refractivity contribution is -0.127. The van der Waals surface area contributed by atoms with E-state index in [2.05, 4.69) is 0 Å². The Balaban J connectivity index is 2.72. The van der Waals surface area contributed by atoms with E-state index in [9.17, 15) is 9.59 Å². The van der Waals surface area contributed by atoms with Crippen LogP contribution in [0, 0.1) is 0 Å². The van der Waals surface area contributed by atoms with Gasteiger partial charge in [-0.1, -0.05) is 0 Å². The van der Waals surface area contributed by atoms with Gasteiger partial charge in [0.05, 0.1) is 6.04 Å². The van der Waals surface area contributed by atoms with Crippen LogP contribution in [-0.4, -0.2) is 34.6 Å². The van der Waals surface area contributed by atoms with Gasteiger partial charge in [0.15, 0.2) is 0 Å². The Labute approximate surface area is 89.6 Å². The highest BCUT2D eigenvalue weighted by Gasteiger charge is 2.40. The molecule has 0 aromatic heterocycles. The molecular weight excluding hydrogens is 196 g/mol. The zero-order valence-electron chi connectivity index (χ0n) is 9.61. The van der Waals surface area contributed by atoms with Crippen LogP contribution in [0.2, 0.25) is 0 Å². The van der Waals surface area contributed by atoms with Crippen LogP contribution in [0.5, 0.6) is 0 Å². The van der Waals surface area contributed by atoms with Crippen molar-refractivity contribution < 1.29 is 14.3 Å². The summed E-state index contributed by atoms with van der Waals surface area (Å²) in [5, 5.41) is 0. The van der Waals surface area contributed by atoms with Crippen LogP contribution >= 0.6 is 0 Å². The number of likely N-dealkylation sites (tertiary alicyclic amines) is 1. The van der Waals surface area contributed by atoms with E-state index in [1.54, 1.807) is 27.7 Å². The van der Waals surface area contributed by atoms with Crippen LogP contribution in [0.1, 0.15) is 34.1 Å². The number of ether oxygens (including phenoxy) is 1. The van der Waals surface area contributed by atoms with Crippen LogP contribution in [0.15, 0.2) is 0 Å². The predicted octanol–water partition coefficient (Wildman–Crippen LogP) is 0.870. The minimum atomic E-state index is -0.604. The van der Waals surface area contributed by atoms with Crippen LogP contribution in [-0.2, 0) is 9.53 Å². The van der Waals surface area contributed by atoms with E-state index in [-0.39, 0.29) is 24.4 Å². The van der Waals surface area contributed by atoms with Gasteiger partial charge in [-0.3, -0.25) is 4.79 Å². The van der Waals surface area contributed by atoms with Gasteiger partial charge >= 0.3 is 6.09 Å². The van der Waals surface area contributed by atoms with Gasteiger partial charge in [-0.2, -0.15) is 0 Å². The molecule has 0 spiro atoms. The molecule has 1 fully saturated rings. The third kappa shape index (κ3) is 2.68. The summed E-state index contributed by atoms with van der Waals surface area (Å²) in [6.07, 6.45) is -0.395. The standard InChI is InChI=1S/C10H18N2O3/c1-6-7(11)5-8(13)12(6)9(14)15-10(2,3)4/h6-7H,5,11H2,1-4H3/t6-,7-/m1/s1. The fraction of sp³-hybridized carbons (Fsp3) is 0.800. The van der Waals surface area contributed by atoms with Gasteiger partial charge < -0.3 is 10.5 Å². The number of nitrogens with zero attached hydrogens (tertiary/aromatic N) is 1. The average molecular weight is 214 g/mol. The summed E-state index contributed by atoms with van der Waals surface area (Å²) < 4.78 is 5.12. The quantitative estimate of drug-likeness (QED) is 0.649. The molecule has 2 amide bonds. The second-order valence-corrected chi connectivity index (χ2v) is 4.85. The fourth-order valence-corrected chi connectivity index (χ4v) is 1.47. The normalized spacial score (nSPS) is 27.0. The summed E-state index contributed by atoms with van der Waals surface area (Å²) in [5.74, 6) is -0.260. The molecule has 5 heteroatoms. The van der Waals surface area contributed by atoms with E-state index in [1.165, 1.54) is 0 Å². The minimum Gasteiger partial charge on any atom is -0.443 e. The first kappa shape index (κ1) is 12.0. The molecule has 0 unspecified atom stereocenters. The molecular formula is C10H18N2O3. The molecule has 0 bridgehead atoms. The van der Waals surface area contributed by atoms with Gasteiger partial charge in [0, 0.05) is 12.5 Å². The van der Waals surface area contributed by atoms with E-state index >= 15 is 0 Å². The van der Waals surface area contributed by atoms with Gasteiger partial charge in [-0.25, -0.2) is 9.69 Å². The van der Waals surface area contributed by atoms with Crippen molar-refractivity contribution in [1.29, 1.82) is 0 Å². The average Bonchev–Trinajstić information content (AvgIpc) is 2.22. The topological polar surface area (TPSA) is 72.6 Å². The van der Waals surface area contributed by atoms with Crippen molar-refractivity contribution >= 4 is 12.0 Å². The summed E-state index contributed by atoms with van der Waals surface area (Å²) in [5.41, 5.74) is 5.10. The highest BCUT2D eigenvalue weighted by molar-refractivity contribution is 5.94. The van der Waals surface area contributed by atoms with E-state index in [0.29, 0.717) is 0 Å². The zero-order chi connectivity index (χ0) is 11.8. The van der Waals surface area contributed by atoms with Crippen molar-refractivity contribution in [3.8, 4) is 0 Å². The first-order valence-corrected chi connectivity index (χ1v) is 5.03. The van der Waals surface area contributed by atoms with Crippen molar-refractivity contribution in [2.75, 3.05) is 0 Å². The summed E-state index contributed by atoms with van der Waals surface area (Å²) in [6, 6.07) is -0.572. The van der Waals surface area contributed by atoms with Crippen molar-refractivity contribution in [2.24, 2.45) is 5.73 Å². The van der Waals surface area contributed by atoms with Gasteiger partial charge in [0.2, 0.25) is 5.91 Å². The monoisotopic (exact) mass is 214 g/mol. The molecule has 0 aliphatic carbocycles. The maximum atomic E-state index is 11.7. The second-order valence-electron chi connectivity index (χ2n) is 4.85. The molecule has 1 aliphatic heterocycles. The predicted molar refractivity (Wildman–Crippen MR) is 55.1 cm³/mol. The Morgan fingerprint density at radius 1 is 1.53 bits per heavy atom. The molecule has 86 valence electrons. The first-order chi connectivity index (χ1) is 6.72. The maximum Gasteiger partial charge on any atom is 0.417 e. The van der Waals surface area contributed by atoms with Gasteiger partial charge in [0.25, 0.3) is 0 Å². The third-order valence-electron chi connectivity index (χ3n) is 2.30. The number of carbonyl (C=O) groups is 2.